The van der Waals surface area contributed by atoms with E-state index in [2.05, 4.69) is 49.0 Å². The van der Waals surface area contributed by atoms with E-state index in [-0.39, 0.29) is 5.54 Å². The molecule has 5 rings (SSSR count). The Hall–Kier alpha value is -2.89. The zero-order chi connectivity index (χ0) is 20.7. The number of nitrogens with zero attached hydrogens (tertiary/aromatic N) is 4. The Kier molecular flexibility index (Phi) is 4.72. The molecule has 0 bridgehead atoms. The fourth-order valence-electron chi connectivity index (χ4n) is 5.31. The lowest BCUT2D eigenvalue weighted by atomic mass is 9.78. The van der Waals surface area contributed by atoms with Crippen molar-refractivity contribution in [2.75, 3.05) is 18.0 Å². The summed E-state index contributed by atoms with van der Waals surface area (Å²) in [6.07, 6.45) is 6.66. The normalized spacial score (nSPS) is 19.1. The van der Waals surface area contributed by atoms with Gasteiger partial charge in [0.2, 0.25) is 11.9 Å². The average molecular weight is 404 g/mol. The molecule has 2 fully saturated rings. The summed E-state index contributed by atoms with van der Waals surface area (Å²) in [7, 11) is 0. The van der Waals surface area contributed by atoms with Crippen LogP contribution < -0.4 is 4.90 Å². The molecule has 2 saturated heterocycles. The van der Waals surface area contributed by atoms with Crippen molar-refractivity contribution in [3.63, 3.8) is 0 Å². The molecule has 1 aromatic carbocycles. The molecule has 1 spiro atoms. The van der Waals surface area contributed by atoms with Crippen molar-refractivity contribution < 1.29 is 4.79 Å². The number of hydrogen-bond donors (Lipinski definition) is 1. The second-order valence-corrected chi connectivity index (χ2v) is 8.85. The number of amides is 1. The van der Waals surface area contributed by atoms with Gasteiger partial charge in [0.15, 0.2) is 0 Å². The number of aromatic amines is 1. The topological polar surface area (TPSA) is 65.1 Å². The molecule has 0 aliphatic carbocycles. The molecule has 0 atom stereocenters. The van der Waals surface area contributed by atoms with Gasteiger partial charge in [-0.1, -0.05) is 12.1 Å². The number of aromatic nitrogens is 3. The quantitative estimate of drug-likeness (QED) is 0.714. The third-order valence-electron chi connectivity index (χ3n) is 6.87. The van der Waals surface area contributed by atoms with E-state index in [4.69, 9.17) is 0 Å². The summed E-state index contributed by atoms with van der Waals surface area (Å²) >= 11 is 0. The first-order chi connectivity index (χ1) is 14.5. The number of benzene rings is 1. The van der Waals surface area contributed by atoms with E-state index < -0.39 is 0 Å². The number of rotatable bonds is 3. The third-order valence-corrected chi connectivity index (χ3v) is 6.87. The predicted octanol–water partition coefficient (Wildman–Crippen LogP) is 4.13. The van der Waals surface area contributed by atoms with Crippen LogP contribution in [-0.4, -0.2) is 44.4 Å². The number of piperidine rings is 2. The number of anilines is 1. The van der Waals surface area contributed by atoms with Crippen molar-refractivity contribution in [3.8, 4) is 0 Å². The first kappa shape index (κ1) is 19.1. The minimum atomic E-state index is -0.0524. The van der Waals surface area contributed by atoms with Crippen LogP contribution in [0.3, 0.4) is 0 Å². The molecule has 156 valence electrons. The van der Waals surface area contributed by atoms with E-state index in [9.17, 15) is 4.79 Å². The lowest BCUT2D eigenvalue weighted by Crippen LogP contribution is -2.59. The molecule has 2 aromatic heterocycles. The molecule has 1 N–H and O–H groups in total. The fourth-order valence-corrected chi connectivity index (χ4v) is 5.31. The van der Waals surface area contributed by atoms with Crippen molar-refractivity contribution in [1.82, 2.24) is 19.9 Å². The van der Waals surface area contributed by atoms with Gasteiger partial charge >= 0.3 is 0 Å². The number of fused-ring (bicyclic) bond motifs is 1. The molecular formula is C24H29N5O. The summed E-state index contributed by atoms with van der Waals surface area (Å²) in [4.78, 5) is 30.1. The van der Waals surface area contributed by atoms with Gasteiger partial charge in [0.1, 0.15) is 0 Å². The van der Waals surface area contributed by atoms with Crippen molar-refractivity contribution >= 4 is 22.8 Å². The molecule has 2 aliphatic rings. The van der Waals surface area contributed by atoms with Crippen molar-refractivity contribution in [3.05, 3.63) is 53.5 Å². The maximum absolute atomic E-state index is 13.1. The van der Waals surface area contributed by atoms with E-state index >= 15 is 0 Å². The maximum atomic E-state index is 13.1. The molecule has 6 heteroatoms. The van der Waals surface area contributed by atoms with E-state index in [0.29, 0.717) is 18.9 Å². The summed E-state index contributed by atoms with van der Waals surface area (Å²) in [5, 5.41) is 1.21. The number of aryl methyl sites for hydroxylation is 2. The van der Waals surface area contributed by atoms with Crippen LogP contribution in [0.1, 0.15) is 49.1 Å². The number of carbonyl (C=O) groups excluding carboxylic acids is 1. The van der Waals surface area contributed by atoms with Crippen LogP contribution in [-0.2, 0) is 11.3 Å². The Morgan fingerprint density at radius 2 is 1.83 bits per heavy atom. The minimum Gasteiger partial charge on any atom is -0.361 e. The van der Waals surface area contributed by atoms with Crippen LogP contribution in [0, 0.1) is 13.8 Å². The summed E-state index contributed by atoms with van der Waals surface area (Å²) in [5.74, 6) is 1.12. The zero-order valence-electron chi connectivity index (χ0n) is 17.8. The number of carbonyl (C=O) groups is 1. The monoisotopic (exact) mass is 403 g/mol. The van der Waals surface area contributed by atoms with Crippen LogP contribution in [0.25, 0.3) is 10.9 Å². The molecular weight excluding hydrogens is 374 g/mol. The van der Waals surface area contributed by atoms with Gasteiger partial charge in [-0.25, -0.2) is 9.97 Å². The van der Waals surface area contributed by atoms with Crippen molar-refractivity contribution in [2.24, 2.45) is 0 Å². The highest BCUT2D eigenvalue weighted by molar-refractivity contribution is 5.84. The highest BCUT2D eigenvalue weighted by atomic mass is 16.2. The van der Waals surface area contributed by atoms with Crippen molar-refractivity contribution in [2.45, 2.75) is 58.0 Å². The Morgan fingerprint density at radius 1 is 1.07 bits per heavy atom. The molecule has 0 radical (unpaired) electrons. The molecule has 1 amide bonds. The molecule has 2 aliphatic heterocycles. The Labute approximate surface area is 177 Å². The number of hydrogen-bond acceptors (Lipinski definition) is 4. The second-order valence-electron chi connectivity index (χ2n) is 8.85. The lowest BCUT2D eigenvalue weighted by Gasteiger charge is -2.51. The van der Waals surface area contributed by atoms with Gasteiger partial charge in [-0.05, 0) is 63.3 Å². The van der Waals surface area contributed by atoms with Crippen LogP contribution in [0.2, 0.25) is 0 Å². The van der Waals surface area contributed by atoms with Gasteiger partial charge in [0, 0.05) is 60.1 Å². The first-order valence-electron chi connectivity index (χ1n) is 11.0. The highest BCUT2D eigenvalue weighted by Gasteiger charge is 2.44. The van der Waals surface area contributed by atoms with Gasteiger partial charge in [-0.3, -0.25) is 4.79 Å². The summed E-state index contributed by atoms with van der Waals surface area (Å²) in [6, 6.07) is 10.5. The first-order valence-corrected chi connectivity index (χ1v) is 11.0. The molecule has 30 heavy (non-hydrogen) atoms. The zero-order valence-corrected chi connectivity index (χ0v) is 17.8. The fraction of sp³-hybridized carbons (Fsp3) is 0.458. The Balaban J connectivity index is 1.39. The summed E-state index contributed by atoms with van der Waals surface area (Å²) in [5.41, 5.74) is 4.32. The Morgan fingerprint density at radius 3 is 2.60 bits per heavy atom. The summed E-state index contributed by atoms with van der Waals surface area (Å²) in [6.45, 7) is 6.51. The van der Waals surface area contributed by atoms with Gasteiger partial charge in [0.25, 0.3) is 0 Å². The van der Waals surface area contributed by atoms with Gasteiger partial charge in [0.05, 0.1) is 0 Å². The molecule has 4 heterocycles. The standard InChI is InChI=1S/C24H29N5O/c1-17-15-18(2)27-23(26-17)28-13-10-24(11-14-28)9-4-7-22(30)29(24)16-19-5-3-6-21-20(19)8-12-25-21/h3,5-6,8,12,15,25H,4,7,9-11,13-14,16H2,1-2H3. The van der Waals surface area contributed by atoms with Gasteiger partial charge in [-0.2, -0.15) is 0 Å². The smallest absolute Gasteiger partial charge is 0.225 e. The minimum absolute atomic E-state index is 0.0524. The largest absolute Gasteiger partial charge is 0.361 e. The SMILES string of the molecule is Cc1cc(C)nc(N2CCC3(CCCC(=O)N3Cc3cccc4[nH]ccc34)CC2)n1. The average Bonchev–Trinajstić information content (AvgIpc) is 3.20. The van der Waals surface area contributed by atoms with Gasteiger partial charge < -0.3 is 14.8 Å². The highest BCUT2D eigenvalue weighted by Crippen LogP contribution is 2.40. The van der Waals surface area contributed by atoms with E-state index in [1.807, 2.05) is 26.1 Å². The third kappa shape index (κ3) is 3.34. The second kappa shape index (κ2) is 7.42. The number of nitrogens with one attached hydrogen (secondary N) is 1. The van der Waals surface area contributed by atoms with E-state index in [1.54, 1.807) is 0 Å². The van der Waals surface area contributed by atoms with Gasteiger partial charge in [-0.15, -0.1) is 0 Å². The Bertz CT molecular complexity index is 1060. The van der Waals surface area contributed by atoms with Crippen molar-refractivity contribution in [1.29, 1.82) is 0 Å². The van der Waals surface area contributed by atoms with Crippen LogP contribution in [0.5, 0.6) is 0 Å². The van der Waals surface area contributed by atoms with E-state index in [1.165, 1.54) is 10.9 Å². The van der Waals surface area contributed by atoms with E-state index in [0.717, 1.165) is 61.6 Å². The predicted molar refractivity (Wildman–Crippen MR) is 118 cm³/mol. The molecule has 0 saturated carbocycles. The lowest BCUT2D eigenvalue weighted by molar-refractivity contribution is -0.144. The molecule has 0 unspecified atom stereocenters. The van der Waals surface area contributed by atoms with Crippen LogP contribution >= 0.6 is 0 Å². The number of likely N-dealkylation sites (tertiary alicyclic amines) is 1. The molecule has 3 aromatic rings. The molecule has 6 nitrogen and oxygen atoms in total. The van der Waals surface area contributed by atoms with Crippen LogP contribution in [0.4, 0.5) is 5.95 Å². The number of H-pyrrole nitrogens is 1. The summed E-state index contributed by atoms with van der Waals surface area (Å²) < 4.78 is 0. The maximum Gasteiger partial charge on any atom is 0.225 e. The van der Waals surface area contributed by atoms with Crippen LogP contribution in [0.15, 0.2) is 36.5 Å².